The van der Waals surface area contributed by atoms with Gasteiger partial charge >= 0.3 is 5.97 Å². The van der Waals surface area contributed by atoms with Gasteiger partial charge < -0.3 is 30.5 Å². The van der Waals surface area contributed by atoms with Crippen LogP contribution in [0.3, 0.4) is 0 Å². The molecule has 1 atom stereocenters. The minimum Gasteiger partial charge on any atom is -0.493 e. The molecule has 0 saturated heterocycles. The summed E-state index contributed by atoms with van der Waals surface area (Å²) >= 11 is 0. The maximum atomic E-state index is 13.0. The zero-order chi connectivity index (χ0) is 27.3. The van der Waals surface area contributed by atoms with Crippen molar-refractivity contribution in [1.29, 1.82) is 0 Å². The van der Waals surface area contributed by atoms with Crippen LogP contribution in [-0.2, 0) is 40.6 Å². The first kappa shape index (κ1) is 27.7. The molecule has 196 valence electrons. The molecule has 0 aliphatic heterocycles. The zero-order valence-corrected chi connectivity index (χ0v) is 20.4. The number of methoxy groups -OCH3 is 1. The zero-order valence-electron chi connectivity index (χ0n) is 20.4. The van der Waals surface area contributed by atoms with Crippen LogP contribution in [0.1, 0.15) is 53.6 Å². The Bertz CT molecular complexity index is 1330. The van der Waals surface area contributed by atoms with E-state index in [9.17, 15) is 34.5 Å². The molecular weight excluding hydrogens is 484 g/mol. The molecule has 1 aliphatic rings. The molecule has 2 aromatic rings. The van der Waals surface area contributed by atoms with Crippen molar-refractivity contribution >= 4 is 23.5 Å². The maximum absolute atomic E-state index is 13.0. The molecule has 0 bridgehead atoms. The van der Waals surface area contributed by atoms with Gasteiger partial charge in [-0.15, -0.1) is 0 Å². The summed E-state index contributed by atoms with van der Waals surface area (Å²) in [7, 11) is 1.34. The average Bonchev–Trinajstić information content (AvgIpc) is 3.10. The lowest BCUT2D eigenvalue weighted by molar-refractivity contribution is -0.136. The van der Waals surface area contributed by atoms with Crippen LogP contribution in [0.15, 0.2) is 34.1 Å². The Labute approximate surface area is 212 Å². The molecule has 0 aromatic heterocycles. The van der Waals surface area contributed by atoms with Crippen molar-refractivity contribution in [1.82, 2.24) is 5.32 Å². The van der Waals surface area contributed by atoms with E-state index >= 15 is 0 Å². The molecule has 0 fully saturated rings. The van der Waals surface area contributed by atoms with Gasteiger partial charge in [-0.05, 0) is 63.9 Å². The molecule has 11 nitrogen and oxygen atoms in total. The second kappa shape index (κ2) is 11.9. The number of carboxylic acids is 1. The Kier molecular flexibility index (Phi) is 8.87. The fourth-order valence-corrected chi connectivity index (χ4v) is 4.62. The highest BCUT2D eigenvalue weighted by Crippen LogP contribution is 2.41. The van der Waals surface area contributed by atoms with E-state index < -0.39 is 54.6 Å². The minimum atomic E-state index is -1.34. The standard InChI is InChI=1S/C26H28N2O9/c1-13(32)27-21(9-24(34)35)26(36)28-20-5-3-14-7-15(10-29)18(11-30)19(12-31)25(14)16-4-6-23(37-2)22(33)8-17(16)20/h4,6-8,20,29-31H,3,5,9-12H2,1-2H3,(H,28,36)(H,34,35)/t20-/m0/s1. The number of nitrogens with zero attached hydrogens (tertiary/aromatic N) is 1. The molecule has 5 N–H and O–H groups in total. The number of aliphatic hydroxyl groups excluding tert-OH is 3. The predicted molar refractivity (Wildman–Crippen MR) is 132 cm³/mol. The van der Waals surface area contributed by atoms with E-state index in [1.54, 1.807) is 12.1 Å². The number of carboxylic acid groups (broad SMARTS) is 1. The van der Waals surface area contributed by atoms with Gasteiger partial charge in [0, 0.05) is 6.92 Å². The molecule has 0 saturated carbocycles. The van der Waals surface area contributed by atoms with Crippen molar-refractivity contribution in [2.75, 3.05) is 7.11 Å². The molecule has 37 heavy (non-hydrogen) atoms. The SMILES string of the molecule is COc1ccc2c(cc1=O)[C@@H](NC(=O)C(CC(=O)O)=NC(C)=O)CCc1cc(CO)c(CO)c(CO)c1-2. The summed E-state index contributed by atoms with van der Waals surface area (Å²) in [4.78, 5) is 52.2. The van der Waals surface area contributed by atoms with Crippen molar-refractivity contribution in [2.24, 2.45) is 4.99 Å². The molecule has 0 radical (unpaired) electrons. The minimum absolute atomic E-state index is 0.0318. The lowest BCUT2D eigenvalue weighted by atomic mass is 9.87. The summed E-state index contributed by atoms with van der Waals surface area (Å²) in [5.41, 5.74) is 2.32. The largest absolute Gasteiger partial charge is 0.493 e. The van der Waals surface area contributed by atoms with Crippen molar-refractivity contribution in [3.8, 4) is 16.9 Å². The Hall–Kier alpha value is -3.93. The number of carbonyl (C=O) groups is 3. The average molecular weight is 513 g/mol. The molecule has 11 heteroatoms. The third kappa shape index (κ3) is 5.91. The Morgan fingerprint density at radius 2 is 1.78 bits per heavy atom. The molecular formula is C26H28N2O9. The summed E-state index contributed by atoms with van der Waals surface area (Å²) in [6, 6.07) is 5.27. The molecule has 0 spiro atoms. The van der Waals surface area contributed by atoms with Crippen molar-refractivity contribution in [3.63, 3.8) is 0 Å². The number of aliphatic imine (C=N–C) groups is 1. The number of aliphatic carboxylic acids is 1. The number of benzene rings is 1. The summed E-state index contributed by atoms with van der Waals surface area (Å²) in [6.45, 7) is -0.179. The third-order valence-electron chi connectivity index (χ3n) is 6.20. The van der Waals surface area contributed by atoms with Gasteiger partial charge in [-0.2, -0.15) is 0 Å². The first-order valence-corrected chi connectivity index (χ1v) is 11.5. The van der Waals surface area contributed by atoms with Crippen LogP contribution < -0.4 is 15.5 Å². The van der Waals surface area contributed by atoms with Crippen molar-refractivity contribution in [3.05, 3.63) is 62.3 Å². The Morgan fingerprint density at radius 3 is 2.35 bits per heavy atom. The number of hydrogen-bond acceptors (Lipinski definition) is 8. The Morgan fingerprint density at radius 1 is 1.08 bits per heavy atom. The lowest BCUT2D eigenvalue weighted by Gasteiger charge is -2.20. The van der Waals surface area contributed by atoms with Crippen molar-refractivity contribution in [2.45, 2.75) is 52.0 Å². The monoisotopic (exact) mass is 512 g/mol. The summed E-state index contributed by atoms with van der Waals surface area (Å²) in [6.07, 6.45) is -0.178. The van der Waals surface area contributed by atoms with E-state index in [-0.39, 0.29) is 18.8 Å². The van der Waals surface area contributed by atoms with Gasteiger partial charge in [-0.3, -0.25) is 19.2 Å². The smallest absolute Gasteiger partial charge is 0.309 e. The number of hydrogen-bond donors (Lipinski definition) is 5. The number of aliphatic hydroxyl groups is 3. The number of nitrogens with one attached hydrogen (secondary N) is 1. The van der Waals surface area contributed by atoms with Gasteiger partial charge in [-0.1, -0.05) is 12.1 Å². The Balaban J connectivity index is 2.26. The molecule has 2 aromatic carbocycles. The second-order valence-corrected chi connectivity index (χ2v) is 8.49. The van der Waals surface area contributed by atoms with E-state index in [1.807, 2.05) is 0 Å². The molecule has 3 rings (SSSR count). The predicted octanol–water partition coefficient (Wildman–Crippen LogP) is 0.765. The molecule has 0 heterocycles. The quantitative estimate of drug-likeness (QED) is 0.319. The van der Waals surface area contributed by atoms with E-state index in [2.05, 4.69) is 10.3 Å². The summed E-state index contributed by atoms with van der Waals surface area (Å²) in [5.74, 6) is -2.93. The summed E-state index contributed by atoms with van der Waals surface area (Å²) in [5, 5.41) is 42.0. The van der Waals surface area contributed by atoms with Crippen molar-refractivity contribution < 1.29 is 39.5 Å². The number of ether oxygens (including phenoxy) is 1. The fraction of sp³-hybridized carbons (Fsp3) is 0.346. The van der Waals surface area contributed by atoms with Crippen LogP contribution in [0, 0.1) is 0 Å². The van der Waals surface area contributed by atoms with E-state index in [0.717, 1.165) is 6.92 Å². The number of amides is 2. The third-order valence-corrected chi connectivity index (χ3v) is 6.20. The fourth-order valence-electron chi connectivity index (χ4n) is 4.62. The van der Waals surface area contributed by atoms with E-state index in [0.29, 0.717) is 45.4 Å². The van der Waals surface area contributed by atoms with Crippen LogP contribution in [0.4, 0.5) is 0 Å². The highest BCUT2D eigenvalue weighted by molar-refractivity contribution is 6.42. The second-order valence-electron chi connectivity index (χ2n) is 8.49. The highest BCUT2D eigenvalue weighted by atomic mass is 16.5. The molecule has 2 amide bonds. The lowest BCUT2D eigenvalue weighted by Crippen LogP contribution is -2.36. The first-order valence-electron chi connectivity index (χ1n) is 11.5. The molecule has 1 aliphatic carbocycles. The maximum Gasteiger partial charge on any atom is 0.309 e. The number of fused-ring (bicyclic) bond motifs is 3. The number of aryl methyl sites for hydroxylation is 1. The van der Waals surface area contributed by atoms with Gasteiger partial charge in [0.05, 0.1) is 39.4 Å². The summed E-state index contributed by atoms with van der Waals surface area (Å²) < 4.78 is 5.18. The van der Waals surface area contributed by atoms with Gasteiger partial charge in [-0.25, -0.2) is 4.99 Å². The van der Waals surface area contributed by atoms with Gasteiger partial charge in [0.1, 0.15) is 5.71 Å². The van der Waals surface area contributed by atoms with Crippen LogP contribution >= 0.6 is 0 Å². The van der Waals surface area contributed by atoms with Gasteiger partial charge in [0.25, 0.3) is 5.91 Å². The van der Waals surface area contributed by atoms with Crippen LogP contribution in [0.25, 0.3) is 11.1 Å². The van der Waals surface area contributed by atoms with Gasteiger partial charge in [0.2, 0.25) is 11.3 Å². The van der Waals surface area contributed by atoms with Crippen LogP contribution in [-0.4, -0.2) is 51.0 Å². The highest BCUT2D eigenvalue weighted by Gasteiger charge is 2.29. The number of carbonyl (C=O) groups excluding carboxylic acids is 2. The van der Waals surface area contributed by atoms with Crippen LogP contribution in [0.2, 0.25) is 0 Å². The van der Waals surface area contributed by atoms with Gasteiger partial charge in [0.15, 0.2) is 5.75 Å². The first-order chi connectivity index (χ1) is 17.6. The van der Waals surface area contributed by atoms with E-state index in [4.69, 9.17) is 9.84 Å². The topological polar surface area (TPSA) is 183 Å². The van der Waals surface area contributed by atoms with E-state index in [1.165, 1.54) is 19.2 Å². The number of rotatable bonds is 8. The molecule has 0 unspecified atom stereocenters. The van der Waals surface area contributed by atoms with Crippen LogP contribution in [0.5, 0.6) is 5.75 Å². The normalized spacial score (nSPS) is 14.7.